The van der Waals surface area contributed by atoms with Gasteiger partial charge in [0, 0.05) is 17.8 Å². The molecule has 0 amide bonds. The summed E-state index contributed by atoms with van der Waals surface area (Å²) in [6.07, 6.45) is -7.12. The van der Waals surface area contributed by atoms with Crippen LogP contribution in [0.1, 0.15) is 0 Å². The minimum atomic E-state index is -1.60. The summed E-state index contributed by atoms with van der Waals surface area (Å²) in [6, 6.07) is 8.70. The van der Waals surface area contributed by atoms with E-state index in [9.17, 15) is 34.9 Å². The van der Waals surface area contributed by atoms with Gasteiger partial charge in [0.05, 0.1) is 17.6 Å². The summed E-state index contributed by atoms with van der Waals surface area (Å²) in [5, 5.41) is 53.0. The zero-order valence-corrected chi connectivity index (χ0v) is 14.9. The first-order chi connectivity index (χ1) is 13.8. The van der Waals surface area contributed by atoms with Crippen LogP contribution in [0.5, 0.6) is 11.5 Å². The largest absolute Gasteiger partial charge is 0.457 e. The molecule has 1 heterocycles. The van der Waals surface area contributed by atoms with E-state index in [1.54, 1.807) is 0 Å². The topological polar surface area (TPSA) is 155 Å². The Labute approximate surface area is 163 Å². The molecule has 29 heavy (non-hydrogen) atoms. The quantitative estimate of drug-likeness (QED) is 0.342. The minimum absolute atomic E-state index is 0.0536. The predicted molar refractivity (Wildman–Crippen MR) is 97.0 cm³/mol. The van der Waals surface area contributed by atoms with E-state index in [2.05, 4.69) is 5.32 Å². The second-order valence-electron chi connectivity index (χ2n) is 6.42. The van der Waals surface area contributed by atoms with Crippen LogP contribution in [0.2, 0.25) is 0 Å². The van der Waals surface area contributed by atoms with Gasteiger partial charge in [-0.2, -0.15) is 0 Å². The van der Waals surface area contributed by atoms with Gasteiger partial charge in [0.25, 0.3) is 5.69 Å². The summed E-state index contributed by atoms with van der Waals surface area (Å²) < 4.78 is 23.9. The van der Waals surface area contributed by atoms with Crippen LogP contribution in [-0.2, 0) is 4.74 Å². The third-order valence-corrected chi connectivity index (χ3v) is 4.35. The number of ether oxygens (including phenoxy) is 2. The van der Waals surface area contributed by atoms with Crippen LogP contribution in [0.3, 0.4) is 0 Å². The molecule has 5 N–H and O–H groups in total. The number of aliphatic hydroxyl groups excluding tert-OH is 4. The minimum Gasteiger partial charge on any atom is -0.457 e. The molecule has 1 saturated heterocycles. The van der Waals surface area contributed by atoms with E-state index in [4.69, 9.17) is 9.47 Å². The van der Waals surface area contributed by atoms with Crippen LogP contribution in [0, 0.1) is 15.9 Å². The summed E-state index contributed by atoms with van der Waals surface area (Å²) >= 11 is 0. The highest BCUT2D eigenvalue weighted by molar-refractivity contribution is 5.57. The Morgan fingerprint density at radius 1 is 1.07 bits per heavy atom. The van der Waals surface area contributed by atoms with Crippen molar-refractivity contribution in [3.8, 4) is 11.5 Å². The highest BCUT2D eigenvalue weighted by atomic mass is 19.1. The first-order valence-electron chi connectivity index (χ1n) is 8.58. The number of hydrogen-bond acceptors (Lipinski definition) is 9. The number of halogens is 1. The molecular formula is C18H19FN2O8. The molecule has 11 heteroatoms. The summed E-state index contributed by atoms with van der Waals surface area (Å²) in [4.78, 5) is 10.6. The first kappa shape index (κ1) is 20.9. The van der Waals surface area contributed by atoms with Gasteiger partial charge < -0.3 is 35.2 Å². The smallest absolute Gasteiger partial charge is 0.275 e. The molecule has 5 atom stereocenters. The van der Waals surface area contributed by atoms with Gasteiger partial charge in [0.1, 0.15) is 41.7 Å². The molecule has 0 unspecified atom stereocenters. The third kappa shape index (κ3) is 4.78. The van der Waals surface area contributed by atoms with Crippen LogP contribution >= 0.6 is 0 Å². The Morgan fingerprint density at radius 3 is 2.38 bits per heavy atom. The Morgan fingerprint density at radius 2 is 1.76 bits per heavy atom. The zero-order chi connectivity index (χ0) is 21.1. The van der Waals surface area contributed by atoms with Crippen molar-refractivity contribution in [1.29, 1.82) is 0 Å². The van der Waals surface area contributed by atoms with Gasteiger partial charge in [0.15, 0.2) is 6.23 Å². The van der Waals surface area contributed by atoms with E-state index >= 15 is 0 Å². The van der Waals surface area contributed by atoms with Crippen molar-refractivity contribution in [1.82, 2.24) is 0 Å². The van der Waals surface area contributed by atoms with Gasteiger partial charge in [-0.15, -0.1) is 0 Å². The number of anilines is 1. The molecule has 1 fully saturated rings. The van der Waals surface area contributed by atoms with Crippen LogP contribution < -0.4 is 10.1 Å². The highest BCUT2D eigenvalue weighted by Gasteiger charge is 2.43. The van der Waals surface area contributed by atoms with Gasteiger partial charge in [-0.05, 0) is 24.3 Å². The van der Waals surface area contributed by atoms with Gasteiger partial charge in [-0.3, -0.25) is 10.1 Å². The second-order valence-corrected chi connectivity index (χ2v) is 6.42. The monoisotopic (exact) mass is 410 g/mol. The maximum absolute atomic E-state index is 13.0. The number of hydrogen-bond donors (Lipinski definition) is 5. The van der Waals surface area contributed by atoms with Crippen LogP contribution in [-0.4, -0.2) is 62.6 Å². The fourth-order valence-electron chi connectivity index (χ4n) is 2.85. The number of aliphatic hydroxyl groups is 4. The molecule has 2 aromatic rings. The molecule has 3 rings (SSSR count). The van der Waals surface area contributed by atoms with Crippen molar-refractivity contribution < 1.29 is 39.2 Å². The van der Waals surface area contributed by atoms with Crippen molar-refractivity contribution in [2.45, 2.75) is 30.6 Å². The van der Waals surface area contributed by atoms with Gasteiger partial charge >= 0.3 is 0 Å². The molecule has 0 radical (unpaired) electrons. The molecule has 0 aliphatic carbocycles. The Hall–Kier alpha value is -2.83. The summed E-state index contributed by atoms with van der Waals surface area (Å²) in [5.74, 6) is -0.176. The normalized spacial score (nSPS) is 26.7. The molecule has 0 spiro atoms. The Bertz CT molecular complexity index is 863. The molecule has 1 aliphatic heterocycles. The van der Waals surface area contributed by atoms with Crippen LogP contribution in [0.15, 0.2) is 42.5 Å². The maximum Gasteiger partial charge on any atom is 0.275 e. The molecule has 0 bridgehead atoms. The third-order valence-electron chi connectivity index (χ3n) is 4.35. The number of nitro benzene ring substituents is 1. The summed E-state index contributed by atoms with van der Waals surface area (Å²) in [6.45, 7) is -0.614. The van der Waals surface area contributed by atoms with Crippen molar-refractivity contribution in [3.05, 3.63) is 58.4 Å². The fraction of sp³-hybridized carbons (Fsp3) is 0.333. The van der Waals surface area contributed by atoms with Crippen LogP contribution in [0.4, 0.5) is 15.8 Å². The molecule has 0 aromatic heterocycles. The van der Waals surface area contributed by atoms with Crippen molar-refractivity contribution in [3.63, 3.8) is 0 Å². The number of benzene rings is 2. The van der Waals surface area contributed by atoms with E-state index in [1.807, 2.05) is 0 Å². The lowest BCUT2D eigenvalue weighted by molar-refractivity contribution is -0.384. The van der Waals surface area contributed by atoms with Crippen molar-refractivity contribution in [2.75, 3.05) is 11.9 Å². The predicted octanol–water partition coefficient (Wildman–Crippen LogP) is 0.738. The number of non-ortho nitro benzene ring substituents is 1. The molecule has 10 nitrogen and oxygen atoms in total. The maximum atomic E-state index is 13.0. The standard InChI is InChI=1S/C18H19FN2O8/c19-9-1-3-12(4-2-9)28-13-6-10(5-11(7-13)21(26)27)20-18-17(25)16(24)15(23)14(8-22)29-18/h1-7,14-18,20,22-25H,8H2/t14-,15+,16+,17-,18+/m0/s1. The lowest BCUT2D eigenvalue weighted by atomic mass is 9.98. The highest BCUT2D eigenvalue weighted by Crippen LogP contribution is 2.31. The summed E-state index contributed by atoms with van der Waals surface area (Å²) in [5.41, 5.74) is -0.225. The molecular weight excluding hydrogens is 391 g/mol. The summed E-state index contributed by atoms with van der Waals surface area (Å²) in [7, 11) is 0. The van der Waals surface area contributed by atoms with Crippen molar-refractivity contribution >= 4 is 11.4 Å². The van der Waals surface area contributed by atoms with Gasteiger partial charge in [-0.25, -0.2) is 4.39 Å². The molecule has 0 saturated carbocycles. The van der Waals surface area contributed by atoms with E-state index < -0.39 is 48.0 Å². The van der Waals surface area contributed by atoms with E-state index in [0.29, 0.717) is 0 Å². The number of nitrogens with zero attached hydrogens (tertiary/aromatic N) is 1. The number of nitrogens with one attached hydrogen (secondary N) is 1. The lowest BCUT2D eigenvalue weighted by Crippen LogP contribution is -2.60. The molecule has 156 valence electrons. The number of rotatable bonds is 6. The Balaban J connectivity index is 1.85. The lowest BCUT2D eigenvalue weighted by Gasteiger charge is -2.40. The van der Waals surface area contributed by atoms with Crippen LogP contribution in [0.25, 0.3) is 0 Å². The van der Waals surface area contributed by atoms with E-state index in [1.165, 1.54) is 30.3 Å². The zero-order valence-electron chi connectivity index (χ0n) is 14.9. The van der Waals surface area contributed by atoms with Crippen molar-refractivity contribution in [2.24, 2.45) is 0 Å². The van der Waals surface area contributed by atoms with E-state index in [0.717, 1.165) is 12.1 Å². The first-order valence-corrected chi connectivity index (χ1v) is 8.58. The second kappa shape index (κ2) is 8.68. The number of nitro groups is 1. The van der Waals surface area contributed by atoms with Gasteiger partial charge in [-0.1, -0.05) is 0 Å². The fourth-order valence-corrected chi connectivity index (χ4v) is 2.85. The Kier molecular flexibility index (Phi) is 6.25. The average molecular weight is 410 g/mol. The van der Waals surface area contributed by atoms with E-state index in [-0.39, 0.29) is 22.9 Å². The van der Waals surface area contributed by atoms with Gasteiger partial charge in [0.2, 0.25) is 0 Å². The average Bonchev–Trinajstić information content (AvgIpc) is 2.70. The SMILES string of the molecule is O=[N+]([O-])c1cc(N[C@@H]2O[C@@H](CO)[C@@H](O)[C@@H](O)[C@@H]2O)cc(Oc2ccc(F)cc2)c1. The molecule has 1 aliphatic rings. The molecule has 2 aromatic carbocycles.